The van der Waals surface area contributed by atoms with Gasteiger partial charge in [-0.1, -0.05) is 26.0 Å². The molecule has 2 rings (SSSR count). The summed E-state index contributed by atoms with van der Waals surface area (Å²) in [5, 5.41) is 6.97. The van der Waals surface area contributed by atoms with Crippen molar-refractivity contribution in [2.75, 3.05) is 53.4 Å². The van der Waals surface area contributed by atoms with E-state index >= 15 is 0 Å². The van der Waals surface area contributed by atoms with Gasteiger partial charge in [0.05, 0.1) is 12.6 Å². The minimum Gasteiger partial charge on any atom is -0.493 e. The Bertz CT molecular complexity index is 600. The zero-order valence-corrected chi connectivity index (χ0v) is 21.3. The number of hydrogen-bond donors (Lipinski definition) is 2. The number of piperazine rings is 1. The zero-order chi connectivity index (χ0) is 20.5. The lowest BCUT2D eigenvalue weighted by atomic mass is 10.1. The predicted molar refractivity (Wildman–Crippen MR) is 134 cm³/mol. The van der Waals surface area contributed by atoms with Crippen molar-refractivity contribution in [3.8, 4) is 5.75 Å². The molecule has 2 N–H and O–H groups in total. The van der Waals surface area contributed by atoms with Crippen LogP contribution in [0.15, 0.2) is 29.3 Å². The number of likely N-dealkylation sites (N-methyl/N-ethyl adjacent to an activating group) is 1. The quantitative estimate of drug-likeness (QED) is 0.315. The molecule has 0 spiro atoms. The molecule has 7 heteroatoms. The highest BCUT2D eigenvalue weighted by Crippen LogP contribution is 2.18. The van der Waals surface area contributed by atoms with Crippen molar-refractivity contribution in [3.63, 3.8) is 0 Å². The normalized spacial score (nSPS) is 18.1. The first-order chi connectivity index (χ1) is 13.4. The Balaban J connectivity index is 0.00000420. The van der Waals surface area contributed by atoms with E-state index in [1.54, 1.807) is 0 Å². The van der Waals surface area contributed by atoms with Gasteiger partial charge >= 0.3 is 0 Å². The molecule has 2 unspecified atom stereocenters. The van der Waals surface area contributed by atoms with Gasteiger partial charge in [0.2, 0.25) is 0 Å². The van der Waals surface area contributed by atoms with Gasteiger partial charge in [-0.2, -0.15) is 0 Å². The predicted octanol–water partition coefficient (Wildman–Crippen LogP) is 3.20. The van der Waals surface area contributed by atoms with Crippen LogP contribution in [0.2, 0.25) is 0 Å². The van der Waals surface area contributed by atoms with Crippen LogP contribution in [0.25, 0.3) is 0 Å². The van der Waals surface area contributed by atoms with Crippen LogP contribution in [0, 0.1) is 5.92 Å². The molecule has 2 atom stereocenters. The molecule has 1 aromatic carbocycles. The van der Waals surface area contributed by atoms with Gasteiger partial charge in [0.15, 0.2) is 5.96 Å². The average molecular weight is 518 g/mol. The summed E-state index contributed by atoms with van der Waals surface area (Å²) in [6, 6.07) is 8.98. The molecule has 0 radical (unpaired) electrons. The Morgan fingerprint density at radius 3 is 2.24 bits per heavy atom. The van der Waals surface area contributed by atoms with Crippen molar-refractivity contribution >= 4 is 29.9 Å². The van der Waals surface area contributed by atoms with Crippen LogP contribution >= 0.6 is 24.0 Å². The molecule has 1 saturated heterocycles. The second-order valence-corrected chi connectivity index (χ2v) is 8.28. The molecule has 0 bridgehead atoms. The van der Waals surface area contributed by atoms with Crippen LogP contribution in [0.4, 0.5) is 0 Å². The number of rotatable bonds is 8. The first-order valence-corrected chi connectivity index (χ1v) is 10.5. The third-order valence-electron chi connectivity index (χ3n) is 5.27. The fourth-order valence-electron chi connectivity index (χ4n) is 3.23. The first kappa shape index (κ1) is 26.0. The van der Waals surface area contributed by atoms with E-state index in [0.717, 1.165) is 51.0 Å². The number of guanidine groups is 1. The topological polar surface area (TPSA) is 52.1 Å². The molecule has 29 heavy (non-hydrogen) atoms. The molecule has 0 aliphatic carbocycles. The van der Waals surface area contributed by atoms with Gasteiger partial charge in [-0.25, -0.2) is 0 Å². The standard InChI is InChI=1S/C22H39N5O.HI/c1-17(2)16-28-21-9-7-20(8-10-21)19(4)25-22(23-5)24-15-18(3)27-13-11-26(6)12-14-27;/h7-10,17-19H,11-16H2,1-6H3,(H2,23,24,25);1H. The first-order valence-electron chi connectivity index (χ1n) is 10.5. The molecule has 1 aliphatic rings. The van der Waals surface area contributed by atoms with Crippen LogP contribution in [0.5, 0.6) is 5.75 Å². The summed E-state index contributed by atoms with van der Waals surface area (Å²) in [6.45, 7) is 14.9. The van der Waals surface area contributed by atoms with Crippen LogP contribution in [-0.4, -0.2) is 75.2 Å². The molecular formula is C22H40IN5O. The number of benzene rings is 1. The number of nitrogens with one attached hydrogen (secondary N) is 2. The smallest absolute Gasteiger partial charge is 0.191 e. The fraction of sp³-hybridized carbons (Fsp3) is 0.682. The molecule has 6 nitrogen and oxygen atoms in total. The monoisotopic (exact) mass is 517 g/mol. The highest BCUT2D eigenvalue weighted by atomic mass is 127. The highest BCUT2D eigenvalue weighted by Gasteiger charge is 2.19. The van der Waals surface area contributed by atoms with Crippen molar-refractivity contribution in [2.45, 2.75) is 39.8 Å². The summed E-state index contributed by atoms with van der Waals surface area (Å²) in [5.41, 5.74) is 1.21. The number of aliphatic imine (C=N–C) groups is 1. The lowest BCUT2D eigenvalue weighted by Crippen LogP contribution is -2.52. The fourth-order valence-corrected chi connectivity index (χ4v) is 3.23. The van der Waals surface area contributed by atoms with Gasteiger partial charge in [-0.15, -0.1) is 24.0 Å². The number of nitrogens with zero attached hydrogens (tertiary/aromatic N) is 3. The van der Waals surface area contributed by atoms with E-state index in [2.05, 4.69) is 72.3 Å². The van der Waals surface area contributed by atoms with Crippen molar-refractivity contribution < 1.29 is 4.74 Å². The molecule has 0 amide bonds. The second kappa shape index (κ2) is 13.3. The second-order valence-electron chi connectivity index (χ2n) is 8.28. The summed E-state index contributed by atoms with van der Waals surface area (Å²) in [5.74, 6) is 2.30. The van der Waals surface area contributed by atoms with Crippen molar-refractivity contribution in [3.05, 3.63) is 29.8 Å². The largest absolute Gasteiger partial charge is 0.493 e. The zero-order valence-electron chi connectivity index (χ0n) is 18.9. The molecule has 0 aromatic heterocycles. The van der Waals surface area contributed by atoms with Gasteiger partial charge in [0.25, 0.3) is 0 Å². The molecule has 1 aromatic rings. The molecular weight excluding hydrogens is 477 g/mol. The molecule has 1 aliphatic heterocycles. The van der Waals surface area contributed by atoms with Gasteiger partial charge < -0.3 is 20.3 Å². The van der Waals surface area contributed by atoms with Gasteiger partial charge in [-0.3, -0.25) is 9.89 Å². The van der Waals surface area contributed by atoms with Gasteiger partial charge in [0, 0.05) is 45.8 Å². The lowest BCUT2D eigenvalue weighted by Gasteiger charge is -2.36. The average Bonchev–Trinajstić information content (AvgIpc) is 2.70. The Labute approximate surface area is 194 Å². The third-order valence-corrected chi connectivity index (χ3v) is 5.27. The number of hydrogen-bond acceptors (Lipinski definition) is 4. The Morgan fingerprint density at radius 2 is 1.69 bits per heavy atom. The molecule has 1 fully saturated rings. The summed E-state index contributed by atoms with van der Waals surface area (Å²) in [7, 11) is 4.02. The third kappa shape index (κ3) is 9.09. The Morgan fingerprint density at radius 1 is 1.07 bits per heavy atom. The molecule has 1 heterocycles. The van der Waals surface area contributed by atoms with E-state index < -0.39 is 0 Å². The summed E-state index contributed by atoms with van der Waals surface area (Å²) in [6.07, 6.45) is 0. The lowest BCUT2D eigenvalue weighted by molar-refractivity contribution is 0.120. The highest BCUT2D eigenvalue weighted by molar-refractivity contribution is 14.0. The minimum absolute atomic E-state index is 0. The summed E-state index contributed by atoms with van der Waals surface area (Å²) in [4.78, 5) is 9.32. The maximum Gasteiger partial charge on any atom is 0.191 e. The van der Waals surface area contributed by atoms with E-state index in [1.807, 2.05) is 19.2 Å². The van der Waals surface area contributed by atoms with E-state index in [0.29, 0.717) is 12.0 Å². The van der Waals surface area contributed by atoms with Crippen LogP contribution < -0.4 is 15.4 Å². The van der Waals surface area contributed by atoms with Crippen LogP contribution in [-0.2, 0) is 0 Å². The van der Waals surface area contributed by atoms with Gasteiger partial charge in [0.1, 0.15) is 5.75 Å². The van der Waals surface area contributed by atoms with E-state index in [9.17, 15) is 0 Å². The maximum absolute atomic E-state index is 5.77. The van der Waals surface area contributed by atoms with Crippen molar-refractivity contribution in [1.29, 1.82) is 0 Å². The van der Waals surface area contributed by atoms with Crippen LogP contribution in [0.1, 0.15) is 39.3 Å². The maximum atomic E-state index is 5.77. The Kier molecular flexibility index (Phi) is 11.9. The van der Waals surface area contributed by atoms with Crippen molar-refractivity contribution in [2.24, 2.45) is 10.9 Å². The SMILES string of the molecule is CN=C(NCC(C)N1CCN(C)CC1)NC(C)c1ccc(OCC(C)C)cc1.I. The molecule has 166 valence electrons. The molecule has 0 saturated carbocycles. The number of halogens is 1. The van der Waals surface area contributed by atoms with E-state index in [-0.39, 0.29) is 30.0 Å². The number of ether oxygens (including phenoxy) is 1. The minimum atomic E-state index is 0. The Hall–Kier alpha value is -1.06. The van der Waals surface area contributed by atoms with Gasteiger partial charge in [-0.05, 0) is 44.5 Å². The van der Waals surface area contributed by atoms with Crippen molar-refractivity contribution in [1.82, 2.24) is 20.4 Å². The van der Waals surface area contributed by atoms with E-state index in [1.165, 1.54) is 5.56 Å². The van der Waals surface area contributed by atoms with Crippen LogP contribution in [0.3, 0.4) is 0 Å². The summed E-state index contributed by atoms with van der Waals surface area (Å²) < 4.78 is 5.77. The summed E-state index contributed by atoms with van der Waals surface area (Å²) >= 11 is 0. The van der Waals surface area contributed by atoms with E-state index in [4.69, 9.17) is 4.74 Å².